The zero-order valence-corrected chi connectivity index (χ0v) is 25.4. The second kappa shape index (κ2) is 11.3. The molecule has 13 heteroatoms. The molecule has 0 saturated carbocycles. The first kappa shape index (κ1) is 29.4. The predicted molar refractivity (Wildman–Crippen MR) is 163 cm³/mol. The highest BCUT2D eigenvalue weighted by Crippen LogP contribution is 2.37. The van der Waals surface area contributed by atoms with Crippen molar-refractivity contribution < 1.29 is 14.3 Å². The minimum atomic E-state index is -0.607. The van der Waals surface area contributed by atoms with Crippen molar-refractivity contribution in [1.82, 2.24) is 24.6 Å². The fraction of sp³-hybridized carbons (Fsp3) is 0.345. The molecule has 1 aliphatic heterocycles. The zero-order valence-electron chi connectivity index (χ0n) is 23.9. The van der Waals surface area contributed by atoms with Crippen LogP contribution in [0.5, 0.6) is 0 Å². The Balaban J connectivity index is 1.47. The van der Waals surface area contributed by atoms with Gasteiger partial charge in [-0.2, -0.15) is 9.78 Å². The molecule has 0 aliphatic carbocycles. The SMILES string of the molecule is Cc1nc2c(N3CC[C@H](NC(=O)OC(C)(C)C)C3)c(NC(=O)c3ccc(=O)n(-c4c(Cl)cccc4Cl)n3)ccc2n1C. The number of aromatic nitrogens is 4. The highest BCUT2D eigenvalue weighted by molar-refractivity contribution is 6.37. The number of hydrogen-bond acceptors (Lipinski definition) is 7. The smallest absolute Gasteiger partial charge is 0.407 e. The van der Waals surface area contributed by atoms with Gasteiger partial charge in [0.05, 0.1) is 33.0 Å². The van der Waals surface area contributed by atoms with Gasteiger partial charge >= 0.3 is 6.09 Å². The number of imidazole rings is 1. The van der Waals surface area contributed by atoms with Crippen molar-refractivity contribution in [1.29, 1.82) is 0 Å². The van der Waals surface area contributed by atoms with Gasteiger partial charge in [-0.1, -0.05) is 29.3 Å². The number of carbonyl (C=O) groups excluding carboxylic acids is 2. The van der Waals surface area contributed by atoms with Gasteiger partial charge in [0.15, 0.2) is 0 Å². The minimum absolute atomic E-state index is 0.0141. The number of ether oxygens (including phenoxy) is 1. The number of carbonyl (C=O) groups is 2. The van der Waals surface area contributed by atoms with Gasteiger partial charge in [-0.05, 0) is 64.4 Å². The molecule has 3 heterocycles. The third-order valence-corrected chi connectivity index (χ3v) is 7.52. The van der Waals surface area contributed by atoms with Crippen molar-refractivity contribution in [2.45, 2.75) is 45.8 Å². The molecule has 4 aromatic rings. The monoisotopic (exact) mass is 611 g/mol. The third kappa shape index (κ3) is 5.93. The number of fused-ring (bicyclic) bond motifs is 1. The molecule has 1 atom stereocenters. The van der Waals surface area contributed by atoms with Crippen LogP contribution in [-0.4, -0.2) is 56.1 Å². The van der Waals surface area contributed by atoms with Crippen LogP contribution in [0.25, 0.3) is 16.7 Å². The van der Waals surface area contributed by atoms with Gasteiger partial charge in [-0.3, -0.25) is 9.59 Å². The van der Waals surface area contributed by atoms with Crippen LogP contribution in [0, 0.1) is 6.92 Å². The molecule has 2 aromatic heterocycles. The average Bonchev–Trinajstić information content (AvgIpc) is 3.47. The van der Waals surface area contributed by atoms with E-state index in [2.05, 4.69) is 20.6 Å². The molecule has 0 bridgehead atoms. The van der Waals surface area contributed by atoms with E-state index < -0.39 is 23.2 Å². The number of amides is 2. The Morgan fingerprint density at radius 3 is 2.45 bits per heavy atom. The van der Waals surface area contributed by atoms with Crippen LogP contribution in [0.1, 0.15) is 43.5 Å². The van der Waals surface area contributed by atoms with Crippen molar-refractivity contribution in [3.05, 3.63) is 74.4 Å². The molecule has 1 fully saturated rings. The maximum atomic E-state index is 13.5. The van der Waals surface area contributed by atoms with Crippen molar-refractivity contribution >= 4 is 57.6 Å². The van der Waals surface area contributed by atoms with E-state index in [1.54, 1.807) is 18.2 Å². The number of aryl methyl sites for hydroxylation is 2. The second-order valence-electron chi connectivity index (χ2n) is 11.1. The quantitative estimate of drug-likeness (QED) is 0.322. The Hall–Kier alpha value is -4.09. The molecule has 0 radical (unpaired) electrons. The van der Waals surface area contributed by atoms with E-state index in [1.165, 1.54) is 12.1 Å². The standard InChI is InChI=1S/C29H31Cl2N7O4/c1-16-32-24-22(36(16)5)11-9-20(26(24)37-14-13-17(15-37)33-28(41)42-29(2,3)4)34-27(40)21-10-12-23(39)38(35-21)25-18(30)7-6-8-19(25)31/h6-12,17H,13-15H2,1-5H3,(H,33,41)(H,34,40)/t17-/m0/s1. The second-order valence-corrected chi connectivity index (χ2v) is 11.9. The number of alkyl carbamates (subject to hydrolysis) is 1. The lowest BCUT2D eigenvalue weighted by Gasteiger charge is -2.24. The highest BCUT2D eigenvalue weighted by atomic mass is 35.5. The molecule has 11 nitrogen and oxygen atoms in total. The van der Waals surface area contributed by atoms with Gasteiger partial charge in [0.1, 0.15) is 28.3 Å². The Morgan fingerprint density at radius 2 is 1.76 bits per heavy atom. The first-order chi connectivity index (χ1) is 19.8. The van der Waals surface area contributed by atoms with Crippen LogP contribution in [0.4, 0.5) is 16.2 Å². The van der Waals surface area contributed by atoms with Gasteiger partial charge in [0, 0.05) is 26.2 Å². The van der Waals surface area contributed by atoms with Crippen LogP contribution in [0.2, 0.25) is 10.0 Å². The van der Waals surface area contributed by atoms with Gasteiger partial charge in [-0.25, -0.2) is 9.78 Å². The molecule has 220 valence electrons. The molecule has 5 rings (SSSR count). The summed E-state index contributed by atoms with van der Waals surface area (Å²) in [5.74, 6) is 0.269. The fourth-order valence-electron chi connectivity index (χ4n) is 4.91. The number of hydrogen-bond donors (Lipinski definition) is 2. The van der Waals surface area contributed by atoms with Gasteiger partial charge in [0.2, 0.25) is 0 Å². The van der Waals surface area contributed by atoms with Crippen LogP contribution >= 0.6 is 23.2 Å². The molecule has 1 aliphatic rings. The zero-order chi connectivity index (χ0) is 30.3. The molecule has 0 spiro atoms. The summed E-state index contributed by atoms with van der Waals surface area (Å²) in [5, 5.41) is 10.6. The number of nitrogens with zero attached hydrogens (tertiary/aromatic N) is 5. The van der Waals surface area contributed by atoms with E-state index in [-0.39, 0.29) is 27.5 Å². The third-order valence-electron chi connectivity index (χ3n) is 6.91. The summed E-state index contributed by atoms with van der Waals surface area (Å²) < 4.78 is 8.42. The summed E-state index contributed by atoms with van der Waals surface area (Å²) in [6, 6.07) is 10.9. The average molecular weight is 613 g/mol. The van der Waals surface area contributed by atoms with E-state index in [0.29, 0.717) is 30.7 Å². The Kier molecular flexibility index (Phi) is 7.91. The summed E-state index contributed by atoms with van der Waals surface area (Å²) >= 11 is 12.6. The van der Waals surface area contributed by atoms with Crippen LogP contribution in [-0.2, 0) is 11.8 Å². The summed E-state index contributed by atoms with van der Waals surface area (Å²) in [4.78, 5) is 45.5. The lowest BCUT2D eigenvalue weighted by atomic mass is 10.2. The number of halogens is 2. The molecule has 2 N–H and O–H groups in total. The normalized spacial score (nSPS) is 15.2. The van der Waals surface area contributed by atoms with Crippen molar-refractivity contribution in [2.75, 3.05) is 23.3 Å². The molecular weight excluding hydrogens is 581 g/mol. The summed E-state index contributed by atoms with van der Waals surface area (Å²) in [7, 11) is 1.93. The van der Waals surface area contributed by atoms with Crippen LogP contribution in [0.15, 0.2) is 47.3 Å². The molecular formula is C29H31Cl2N7O4. The number of anilines is 2. The van der Waals surface area contributed by atoms with Crippen LogP contribution in [0.3, 0.4) is 0 Å². The van der Waals surface area contributed by atoms with E-state index in [9.17, 15) is 14.4 Å². The predicted octanol–water partition coefficient (Wildman–Crippen LogP) is 5.09. The van der Waals surface area contributed by atoms with Crippen LogP contribution < -0.4 is 21.1 Å². The molecule has 42 heavy (non-hydrogen) atoms. The number of para-hydroxylation sites is 1. The molecule has 2 amide bonds. The van der Waals surface area contributed by atoms with E-state index in [0.717, 1.165) is 21.7 Å². The van der Waals surface area contributed by atoms with Gasteiger partial charge in [-0.15, -0.1) is 0 Å². The van der Waals surface area contributed by atoms with Gasteiger partial charge < -0.3 is 24.8 Å². The lowest BCUT2D eigenvalue weighted by molar-refractivity contribution is 0.0509. The molecule has 0 unspecified atom stereocenters. The van der Waals surface area contributed by atoms with E-state index in [1.807, 2.05) is 51.4 Å². The van der Waals surface area contributed by atoms with E-state index in [4.69, 9.17) is 32.9 Å². The Morgan fingerprint density at radius 1 is 1.05 bits per heavy atom. The fourth-order valence-corrected chi connectivity index (χ4v) is 5.47. The lowest BCUT2D eigenvalue weighted by Crippen LogP contribution is -2.40. The maximum Gasteiger partial charge on any atom is 0.407 e. The van der Waals surface area contributed by atoms with Gasteiger partial charge in [0.25, 0.3) is 11.5 Å². The van der Waals surface area contributed by atoms with E-state index >= 15 is 0 Å². The summed E-state index contributed by atoms with van der Waals surface area (Å²) in [5.41, 5.74) is 1.92. The highest BCUT2D eigenvalue weighted by Gasteiger charge is 2.30. The first-order valence-corrected chi connectivity index (χ1v) is 14.1. The Labute approximate surface area is 252 Å². The summed E-state index contributed by atoms with van der Waals surface area (Å²) in [6.45, 7) is 8.47. The molecule has 1 saturated heterocycles. The van der Waals surface area contributed by atoms with Crippen molar-refractivity contribution in [3.63, 3.8) is 0 Å². The summed E-state index contributed by atoms with van der Waals surface area (Å²) in [6.07, 6.45) is 0.203. The van der Waals surface area contributed by atoms with Crippen molar-refractivity contribution in [3.8, 4) is 5.69 Å². The number of nitrogens with one attached hydrogen (secondary N) is 2. The minimum Gasteiger partial charge on any atom is -0.444 e. The number of rotatable bonds is 5. The Bertz CT molecular complexity index is 1740. The topological polar surface area (TPSA) is 123 Å². The number of benzene rings is 2. The molecule has 2 aromatic carbocycles. The largest absolute Gasteiger partial charge is 0.444 e. The first-order valence-electron chi connectivity index (χ1n) is 13.4. The van der Waals surface area contributed by atoms with Crippen molar-refractivity contribution in [2.24, 2.45) is 7.05 Å². The maximum absolute atomic E-state index is 13.5.